The van der Waals surface area contributed by atoms with E-state index < -0.39 is 0 Å². The number of halogens is 1. The lowest BCUT2D eigenvalue weighted by Crippen LogP contribution is -1.87. The van der Waals surface area contributed by atoms with Crippen LogP contribution in [0.5, 0.6) is 0 Å². The summed E-state index contributed by atoms with van der Waals surface area (Å²) in [5, 5.41) is 0. The maximum atomic E-state index is 5.82. The molecular formula is C13H16BrNO. The van der Waals surface area contributed by atoms with Gasteiger partial charge >= 0.3 is 0 Å². The first-order valence-electron chi connectivity index (χ1n) is 5.70. The molecule has 1 aromatic carbocycles. The first-order valence-corrected chi connectivity index (χ1v) is 6.50. The molecule has 0 radical (unpaired) electrons. The number of aryl methyl sites for hydroxylation is 1. The second kappa shape index (κ2) is 4.58. The van der Waals surface area contributed by atoms with E-state index in [0.717, 1.165) is 34.3 Å². The van der Waals surface area contributed by atoms with Gasteiger partial charge < -0.3 is 4.42 Å². The van der Waals surface area contributed by atoms with Gasteiger partial charge in [0.2, 0.25) is 0 Å². The van der Waals surface area contributed by atoms with E-state index in [0.29, 0.717) is 5.92 Å². The van der Waals surface area contributed by atoms with Crippen LogP contribution in [0.3, 0.4) is 0 Å². The molecule has 0 amide bonds. The van der Waals surface area contributed by atoms with E-state index in [4.69, 9.17) is 4.42 Å². The molecule has 86 valence electrons. The van der Waals surface area contributed by atoms with Gasteiger partial charge in [-0.15, -0.1) is 0 Å². The summed E-state index contributed by atoms with van der Waals surface area (Å²) < 4.78 is 6.89. The molecule has 0 saturated carbocycles. The van der Waals surface area contributed by atoms with Crippen LogP contribution in [0.15, 0.2) is 21.0 Å². The third-order valence-electron chi connectivity index (χ3n) is 2.61. The molecule has 0 aliphatic heterocycles. The summed E-state index contributed by atoms with van der Waals surface area (Å²) in [6, 6.07) is 4.14. The molecule has 2 rings (SSSR count). The molecule has 0 aliphatic carbocycles. The van der Waals surface area contributed by atoms with Crippen molar-refractivity contribution in [3.05, 3.63) is 28.1 Å². The van der Waals surface area contributed by atoms with E-state index in [1.54, 1.807) is 0 Å². The Balaban J connectivity index is 2.60. The Labute approximate surface area is 104 Å². The molecule has 2 aromatic rings. The van der Waals surface area contributed by atoms with Crippen LogP contribution < -0.4 is 0 Å². The van der Waals surface area contributed by atoms with Crippen molar-refractivity contribution in [2.75, 3.05) is 0 Å². The number of fused-ring (bicyclic) bond motifs is 1. The number of oxazole rings is 1. The molecule has 0 fully saturated rings. The van der Waals surface area contributed by atoms with E-state index in [9.17, 15) is 0 Å². The van der Waals surface area contributed by atoms with Gasteiger partial charge in [0.05, 0.1) is 0 Å². The number of aromatic nitrogens is 1. The van der Waals surface area contributed by atoms with E-state index in [1.165, 1.54) is 5.56 Å². The Morgan fingerprint density at radius 3 is 2.75 bits per heavy atom. The van der Waals surface area contributed by atoms with Gasteiger partial charge in [0.25, 0.3) is 0 Å². The molecule has 0 N–H and O–H groups in total. The highest BCUT2D eigenvalue weighted by atomic mass is 79.9. The van der Waals surface area contributed by atoms with Crippen LogP contribution in [0.4, 0.5) is 0 Å². The van der Waals surface area contributed by atoms with E-state index in [1.807, 2.05) is 6.07 Å². The van der Waals surface area contributed by atoms with Crippen molar-refractivity contribution in [3.8, 4) is 0 Å². The second-order valence-electron chi connectivity index (χ2n) is 4.36. The third-order valence-corrected chi connectivity index (χ3v) is 3.07. The SMILES string of the molecule is CCCc1nc2cc(Br)cc(C(C)C)c2o1. The van der Waals surface area contributed by atoms with E-state index in [-0.39, 0.29) is 0 Å². The number of hydrogen-bond donors (Lipinski definition) is 0. The monoisotopic (exact) mass is 281 g/mol. The minimum absolute atomic E-state index is 0.447. The highest BCUT2D eigenvalue weighted by Gasteiger charge is 2.13. The van der Waals surface area contributed by atoms with Crippen LogP contribution >= 0.6 is 15.9 Å². The van der Waals surface area contributed by atoms with Crippen molar-refractivity contribution in [2.45, 2.75) is 39.5 Å². The average Bonchev–Trinajstić information content (AvgIpc) is 2.59. The summed E-state index contributed by atoms with van der Waals surface area (Å²) in [4.78, 5) is 4.51. The lowest BCUT2D eigenvalue weighted by molar-refractivity contribution is 0.521. The summed E-state index contributed by atoms with van der Waals surface area (Å²) in [6.07, 6.45) is 1.97. The lowest BCUT2D eigenvalue weighted by Gasteiger charge is -2.05. The van der Waals surface area contributed by atoms with Gasteiger partial charge in [-0.3, -0.25) is 0 Å². The number of benzene rings is 1. The maximum absolute atomic E-state index is 5.82. The average molecular weight is 282 g/mol. The Hall–Kier alpha value is -0.830. The minimum atomic E-state index is 0.447. The predicted molar refractivity (Wildman–Crippen MR) is 69.8 cm³/mol. The van der Waals surface area contributed by atoms with Gasteiger partial charge in [-0.05, 0) is 24.5 Å². The number of nitrogens with zero attached hydrogens (tertiary/aromatic N) is 1. The fourth-order valence-corrected chi connectivity index (χ4v) is 2.28. The highest BCUT2D eigenvalue weighted by Crippen LogP contribution is 2.30. The van der Waals surface area contributed by atoms with E-state index >= 15 is 0 Å². The molecule has 0 bridgehead atoms. The van der Waals surface area contributed by atoms with Crippen LogP contribution in [-0.2, 0) is 6.42 Å². The zero-order chi connectivity index (χ0) is 11.7. The maximum Gasteiger partial charge on any atom is 0.195 e. The lowest BCUT2D eigenvalue weighted by atomic mass is 10.0. The molecular weight excluding hydrogens is 266 g/mol. The van der Waals surface area contributed by atoms with Crippen molar-refractivity contribution in [1.29, 1.82) is 0 Å². The summed E-state index contributed by atoms with van der Waals surface area (Å²) in [6.45, 7) is 6.47. The molecule has 0 unspecified atom stereocenters. The quantitative estimate of drug-likeness (QED) is 0.817. The molecule has 16 heavy (non-hydrogen) atoms. The zero-order valence-corrected chi connectivity index (χ0v) is 11.5. The van der Waals surface area contributed by atoms with Crippen LogP contribution in [0.2, 0.25) is 0 Å². The Kier molecular flexibility index (Phi) is 3.33. The van der Waals surface area contributed by atoms with Gasteiger partial charge in [0.15, 0.2) is 11.5 Å². The minimum Gasteiger partial charge on any atom is -0.440 e. The summed E-state index contributed by atoms with van der Waals surface area (Å²) in [5.74, 6) is 1.29. The molecule has 0 aliphatic rings. The van der Waals surface area contributed by atoms with Crippen molar-refractivity contribution >= 4 is 27.0 Å². The van der Waals surface area contributed by atoms with Crippen molar-refractivity contribution in [1.82, 2.24) is 4.98 Å². The van der Waals surface area contributed by atoms with Crippen molar-refractivity contribution in [2.24, 2.45) is 0 Å². The Bertz CT molecular complexity index is 502. The van der Waals surface area contributed by atoms with E-state index in [2.05, 4.69) is 47.8 Å². The van der Waals surface area contributed by atoms with Gasteiger partial charge in [-0.1, -0.05) is 36.7 Å². The fraction of sp³-hybridized carbons (Fsp3) is 0.462. The molecule has 1 heterocycles. The molecule has 0 spiro atoms. The smallest absolute Gasteiger partial charge is 0.195 e. The molecule has 1 aromatic heterocycles. The van der Waals surface area contributed by atoms with Crippen LogP contribution in [0.25, 0.3) is 11.1 Å². The van der Waals surface area contributed by atoms with Crippen LogP contribution in [0, 0.1) is 0 Å². The molecule has 0 saturated heterocycles. The summed E-state index contributed by atoms with van der Waals surface area (Å²) in [7, 11) is 0. The largest absolute Gasteiger partial charge is 0.440 e. The topological polar surface area (TPSA) is 26.0 Å². The number of rotatable bonds is 3. The normalized spacial score (nSPS) is 11.6. The second-order valence-corrected chi connectivity index (χ2v) is 5.27. The number of hydrogen-bond acceptors (Lipinski definition) is 2. The summed E-state index contributed by atoms with van der Waals surface area (Å²) >= 11 is 3.52. The zero-order valence-electron chi connectivity index (χ0n) is 9.88. The third kappa shape index (κ3) is 2.14. The van der Waals surface area contributed by atoms with Crippen LogP contribution in [-0.4, -0.2) is 4.98 Å². The standard InChI is InChI=1S/C13H16BrNO/c1-4-5-12-15-11-7-9(14)6-10(8(2)3)13(11)16-12/h6-8H,4-5H2,1-3H3. The predicted octanol–water partition coefficient (Wildman–Crippen LogP) is 4.67. The Morgan fingerprint density at radius 2 is 2.12 bits per heavy atom. The van der Waals surface area contributed by atoms with Crippen molar-refractivity contribution < 1.29 is 4.42 Å². The van der Waals surface area contributed by atoms with Gasteiger partial charge in [-0.25, -0.2) is 4.98 Å². The highest BCUT2D eigenvalue weighted by molar-refractivity contribution is 9.10. The molecule has 3 heteroatoms. The Morgan fingerprint density at radius 1 is 1.38 bits per heavy atom. The van der Waals surface area contributed by atoms with Gasteiger partial charge in [0, 0.05) is 16.5 Å². The summed E-state index contributed by atoms with van der Waals surface area (Å²) in [5.41, 5.74) is 3.13. The molecule has 0 atom stereocenters. The fourth-order valence-electron chi connectivity index (χ4n) is 1.82. The van der Waals surface area contributed by atoms with Gasteiger partial charge in [0.1, 0.15) is 5.52 Å². The molecule has 2 nitrogen and oxygen atoms in total. The first kappa shape index (κ1) is 11.6. The first-order chi connectivity index (χ1) is 7.61. The van der Waals surface area contributed by atoms with Crippen molar-refractivity contribution in [3.63, 3.8) is 0 Å². The van der Waals surface area contributed by atoms with Gasteiger partial charge in [-0.2, -0.15) is 0 Å². The van der Waals surface area contributed by atoms with Crippen LogP contribution in [0.1, 0.15) is 44.6 Å².